The first-order valence-corrected chi connectivity index (χ1v) is 14.9. The summed E-state index contributed by atoms with van der Waals surface area (Å²) in [6.07, 6.45) is 0.639. The van der Waals surface area contributed by atoms with E-state index in [0.717, 1.165) is 29.0 Å². The van der Waals surface area contributed by atoms with Gasteiger partial charge in [0.2, 0.25) is 5.91 Å². The maximum atomic E-state index is 16.4. The number of rotatable bonds is 16. The molecular weight excluding hydrogens is 547 g/mol. The molecule has 7 nitrogen and oxygen atoms in total. The molecule has 0 aliphatic heterocycles. The van der Waals surface area contributed by atoms with Crippen LogP contribution in [0.3, 0.4) is 0 Å². The predicted octanol–water partition coefficient (Wildman–Crippen LogP) is 7.60. The molecule has 0 heterocycles. The van der Waals surface area contributed by atoms with Crippen molar-refractivity contribution in [2.24, 2.45) is 11.8 Å². The molecule has 3 aromatic carbocycles. The number of anilines is 3. The lowest BCUT2D eigenvalue weighted by molar-refractivity contribution is -0.137. The maximum Gasteiger partial charge on any atom is 0.304 e. The fourth-order valence-electron chi connectivity index (χ4n) is 5.22. The number of methoxy groups -OCH3 is 1. The minimum Gasteiger partial charge on any atom is -0.494 e. The van der Waals surface area contributed by atoms with Gasteiger partial charge in [0.05, 0.1) is 31.7 Å². The summed E-state index contributed by atoms with van der Waals surface area (Å²) in [5.74, 6) is -1.20. The summed E-state index contributed by atoms with van der Waals surface area (Å²) in [6.45, 7) is 11.5. The highest BCUT2D eigenvalue weighted by atomic mass is 19.1. The number of halogens is 1. The zero-order valence-corrected chi connectivity index (χ0v) is 26.2. The third-order valence-electron chi connectivity index (χ3n) is 6.95. The number of hydrogen-bond acceptors (Lipinski definition) is 5. The highest BCUT2D eigenvalue weighted by Crippen LogP contribution is 2.40. The van der Waals surface area contributed by atoms with Crippen LogP contribution in [0.4, 0.5) is 21.5 Å². The largest absolute Gasteiger partial charge is 0.494 e. The molecule has 0 saturated carbocycles. The predicted molar refractivity (Wildman–Crippen MR) is 170 cm³/mol. The SMILES string of the molecule is CCOc1ccc(CC(=O)Nc2cc(C(COC)CC(=O)O)cc(F)c2N(CC(C)C)c2ccccc2CC(C)C)cc1. The van der Waals surface area contributed by atoms with Crippen molar-refractivity contribution < 1.29 is 28.6 Å². The number of para-hydroxylation sites is 1. The number of nitrogens with zero attached hydrogens (tertiary/aromatic N) is 1. The summed E-state index contributed by atoms with van der Waals surface area (Å²) < 4.78 is 27.2. The van der Waals surface area contributed by atoms with E-state index < -0.39 is 17.7 Å². The molecule has 43 heavy (non-hydrogen) atoms. The minimum absolute atomic E-state index is 0.0719. The number of carbonyl (C=O) groups is 2. The molecule has 0 saturated heterocycles. The van der Waals surface area contributed by atoms with Gasteiger partial charge in [0.25, 0.3) is 0 Å². The number of hydrogen-bond donors (Lipinski definition) is 2. The number of ether oxygens (including phenoxy) is 2. The first-order chi connectivity index (χ1) is 20.5. The Morgan fingerprint density at radius 1 is 1.00 bits per heavy atom. The van der Waals surface area contributed by atoms with Gasteiger partial charge in [-0.05, 0) is 72.2 Å². The van der Waals surface area contributed by atoms with Crippen LogP contribution < -0.4 is 15.0 Å². The molecular formula is C35H45FN2O5. The van der Waals surface area contributed by atoms with Crippen molar-refractivity contribution in [2.75, 3.05) is 37.1 Å². The van der Waals surface area contributed by atoms with E-state index in [1.54, 1.807) is 6.07 Å². The number of nitrogens with one attached hydrogen (secondary N) is 1. The minimum atomic E-state index is -1.02. The van der Waals surface area contributed by atoms with Crippen molar-refractivity contribution in [3.8, 4) is 5.75 Å². The number of amides is 1. The van der Waals surface area contributed by atoms with E-state index in [2.05, 4.69) is 39.1 Å². The van der Waals surface area contributed by atoms with Crippen molar-refractivity contribution in [1.82, 2.24) is 0 Å². The lowest BCUT2D eigenvalue weighted by Gasteiger charge is -2.32. The first kappa shape index (κ1) is 33.6. The van der Waals surface area contributed by atoms with Gasteiger partial charge in [0, 0.05) is 25.3 Å². The molecule has 2 N–H and O–H groups in total. The summed E-state index contributed by atoms with van der Waals surface area (Å²) in [4.78, 5) is 27.0. The molecule has 0 aliphatic carbocycles. The fourth-order valence-corrected chi connectivity index (χ4v) is 5.22. The van der Waals surface area contributed by atoms with Crippen LogP contribution >= 0.6 is 0 Å². The van der Waals surface area contributed by atoms with Crippen LogP contribution in [0.1, 0.15) is 63.6 Å². The Morgan fingerprint density at radius 2 is 1.70 bits per heavy atom. The summed E-state index contributed by atoms with van der Waals surface area (Å²) >= 11 is 0. The van der Waals surface area contributed by atoms with Gasteiger partial charge in [-0.25, -0.2) is 4.39 Å². The Hall–Kier alpha value is -3.91. The molecule has 8 heteroatoms. The Labute approximate surface area is 255 Å². The Kier molecular flexibility index (Phi) is 12.6. The van der Waals surface area contributed by atoms with Gasteiger partial charge < -0.3 is 24.8 Å². The van der Waals surface area contributed by atoms with Gasteiger partial charge >= 0.3 is 5.97 Å². The van der Waals surface area contributed by atoms with Gasteiger partial charge in [-0.15, -0.1) is 0 Å². The molecule has 0 radical (unpaired) electrons. The summed E-state index contributed by atoms with van der Waals surface area (Å²) in [5.41, 5.74) is 3.72. The molecule has 1 amide bonds. The van der Waals surface area contributed by atoms with Crippen molar-refractivity contribution in [3.63, 3.8) is 0 Å². The average Bonchev–Trinajstić information content (AvgIpc) is 2.92. The highest BCUT2D eigenvalue weighted by molar-refractivity contribution is 5.97. The van der Waals surface area contributed by atoms with Crippen molar-refractivity contribution >= 4 is 28.9 Å². The second-order valence-electron chi connectivity index (χ2n) is 11.7. The number of carboxylic acid groups (broad SMARTS) is 1. The van der Waals surface area contributed by atoms with Crippen molar-refractivity contribution in [1.29, 1.82) is 0 Å². The monoisotopic (exact) mass is 592 g/mol. The molecule has 3 rings (SSSR count). The van der Waals surface area contributed by atoms with E-state index in [0.29, 0.717) is 24.6 Å². The summed E-state index contributed by atoms with van der Waals surface area (Å²) in [5, 5.41) is 12.5. The standard InChI is InChI=1S/C35H45FN2O5/c1-7-43-29-14-12-25(13-15-29)17-33(39)37-31-19-27(28(22-42-6)20-34(40)41)18-30(36)35(31)38(21-24(4)5)32-11-9-8-10-26(32)16-23(2)3/h8-15,18-19,23-24,28H,7,16-17,20-22H2,1-6H3,(H,37,39)(H,40,41). The number of aliphatic carboxylic acids is 1. The van der Waals surface area contributed by atoms with Gasteiger partial charge in [-0.1, -0.05) is 58.0 Å². The second kappa shape index (κ2) is 16.1. The number of carbonyl (C=O) groups excluding carboxylic acids is 1. The summed E-state index contributed by atoms with van der Waals surface area (Å²) in [6, 6.07) is 18.3. The molecule has 1 atom stereocenters. The normalized spacial score (nSPS) is 11.9. The average molecular weight is 593 g/mol. The molecule has 232 valence electrons. The molecule has 1 unspecified atom stereocenters. The summed E-state index contributed by atoms with van der Waals surface area (Å²) in [7, 11) is 1.48. The van der Waals surface area contributed by atoms with E-state index in [9.17, 15) is 14.7 Å². The fraction of sp³-hybridized carbons (Fsp3) is 0.429. The van der Waals surface area contributed by atoms with Gasteiger partial charge in [0.15, 0.2) is 0 Å². The Balaban J connectivity index is 2.13. The molecule has 0 aromatic heterocycles. The number of benzene rings is 3. The third kappa shape index (κ3) is 9.82. The van der Waals surface area contributed by atoms with Crippen LogP contribution in [0.5, 0.6) is 5.75 Å². The van der Waals surface area contributed by atoms with E-state index >= 15 is 4.39 Å². The zero-order valence-electron chi connectivity index (χ0n) is 26.2. The molecule has 0 bridgehead atoms. The van der Waals surface area contributed by atoms with Crippen LogP contribution in [-0.2, 0) is 27.2 Å². The van der Waals surface area contributed by atoms with Gasteiger partial charge in [-0.3, -0.25) is 9.59 Å². The van der Waals surface area contributed by atoms with Crippen LogP contribution in [-0.4, -0.2) is 43.9 Å². The quantitative estimate of drug-likeness (QED) is 0.178. The van der Waals surface area contributed by atoms with Crippen molar-refractivity contribution in [3.05, 3.63) is 83.2 Å². The maximum absolute atomic E-state index is 16.4. The van der Waals surface area contributed by atoms with Gasteiger partial charge in [0.1, 0.15) is 17.3 Å². The molecule has 0 aliphatic rings. The van der Waals surface area contributed by atoms with Crippen LogP contribution in [0.25, 0.3) is 0 Å². The van der Waals surface area contributed by atoms with E-state index in [-0.39, 0.29) is 42.6 Å². The smallest absolute Gasteiger partial charge is 0.304 e. The van der Waals surface area contributed by atoms with E-state index in [4.69, 9.17) is 9.47 Å². The number of carboxylic acids is 1. The molecule has 0 spiro atoms. The van der Waals surface area contributed by atoms with Crippen LogP contribution in [0.2, 0.25) is 0 Å². The van der Waals surface area contributed by atoms with Crippen LogP contribution in [0, 0.1) is 17.7 Å². The van der Waals surface area contributed by atoms with Crippen LogP contribution in [0.15, 0.2) is 60.7 Å². The Bertz CT molecular complexity index is 1360. The van der Waals surface area contributed by atoms with E-state index in [1.807, 2.05) is 54.3 Å². The van der Waals surface area contributed by atoms with Crippen molar-refractivity contribution in [2.45, 2.75) is 59.8 Å². The Morgan fingerprint density at radius 3 is 2.30 bits per heavy atom. The lowest BCUT2D eigenvalue weighted by atomic mass is 9.94. The first-order valence-electron chi connectivity index (χ1n) is 14.9. The van der Waals surface area contributed by atoms with E-state index in [1.165, 1.54) is 13.2 Å². The molecule has 3 aromatic rings. The molecule has 0 fully saturated rings. The van der Waals surface area contributed by atoms with Gasteiger partial charge in [-0.2, -0.15) is 0 Å². The zero-order chi connectivity index (χ0) is 31.5. The lowest BCUT2D eigenvalue weighted by Crippen LogP contribution is -2.27. The second-order valence-corrected chi connectivity index (χ2v) is 11.7. The highest BCUT2D eigenvalue weighted by Gasteiger charge is 2.26. The third-order valence-corrected chi connectivity index (χ3v) is 6.95. The topological polar surface area (TPSA) is 88.1 Å².